The summed E-state index contributed by atoms with van der Waals surface area (Å²) in [4.78, 5) is 12.9. The molecule has 0 fully saturated rings. The van der Waals surface area contributed by atoms with Gasteiger partial charge in [0.1, 0.15) is 12.0 Å². The molecule has 1 aromatic carbocycles. The Morgan fingerprint density at radius 3 is 2.63 bits per heavy atom. The number of halogens is 1. The average molecular weight is 276 g/mol. The monoisotopic (exact) mass is 275 g/mol. The fourth-order valence-electron chi connectivity index (χ4n) is 1.96. The molecule has 0 atom stereocenters. The van der Waals surface area contributed by atoms with Crippen LogP contribution in [0.1, 0.15) is 5.56 Å². The standard InChI is InChI=1S/C13H13N5.ClH/c1-14-12-11-13(16-8-15-11)18(9-17-12)7-10-5-3-2-4-6-10;/h2-6,8-9,14H,7H2,1H3;1H. The number of nitrogens with one attached hydrogen (secondary N) is 1. The van der Waals surface area contributed by atoms with Crippen LogP contribution in [0.4, 0.5) is 5.82 Å². The molecule has 0 spiro atoms. The number of imidazole rings is 1. The Labute approximate surface area is 117 Å². The molecule has 0 radical (unpaired) electrons. The first-order valence-corrected chi connectivity index (χ1v) is 5.76. The van der Waals surface area contributed by atoms with E-state index in [9.17, 15) is 0 Å². The highest BCUT2D eigenvalue weighted by Gasteiger charge is 2.15. The van der Waals surface area contributed by atoms with Crippen molar-refractivity contribution in [2.75, 3.05) is 12.4 Å². The van der Waals surface area contributed by atoms with Crippen molar-refractivity contribution in [2.45, 2.75) is 6.54 Å². The lowest BCUT2D eigenvalue weighted by Crippen LogP contribution is -2.09. The molecular weight excluding hydrogens is 262 g/mol. The molecule has 5 nitrogen and oxygen atoms in total. The van der Waals surface area contributed by atoms with Crippen LogP contribution in [0.5, 0.6) is 0 Å². The smallest absolute Gasteiger partial charge is 0.165 e. The third-order valence-electron chi connectivity index (χ3n) is 2.83. The number of nitrogens with zero attached hydrogens (tertiary/aromatic N) is 4. The Morgan fingerprint density at radius 2 is 1.89 bits per heavy atom. The van der Waals surface area contributed by atoms with E-state index in [0.29, 0.717) is 0 Å². The molecule has 6 heteroatoms. The van der Waals surface area contributed by atoms with Gasteiger partial charge in [0.05, 0.1) is 12.9 Å². The number of benzene rings is 1. The van der Waals surface area contributed by atoms with Crippen molar-refractivity contribution >= 4 is 18.2 Å². The van der Waals surface area contributed by atoms with Crippen LogP contribution >= 0.6 is 12.4 Å². The van der Waals surface area contributed by atoms with Crippen molar-refractivity contribution in [2.24, 2.45) is 0 Å². The minimum absolute atomic E-state index is 0. The van der Waals surface area contributed by atoms with E-state index in [1.807, 2.05) is 29.8 Å². The van der Waals surface area contributed by atoms with E-state index in [4.69, 9.17) is 0 Å². The predicted molar refractivity (Wildman–Crippen MR) is 76.8 cm³/mol. The molecule has 0 aromatic heterocycles. The summed E-state index contributed by atoms with van der Waals surface area (Å²) in [6.45, 7) is 0.743. The molecule has 0 saturated heterocycles. The summed E-state index contributed by atoms with van der Waals surface area (Å²) in [5.74, 6) is 1.60. The zero-order chi connectivity index (χ0) is 12.4. The second-order valence-corrected chi connectivity index (χ2v) is 4.00. The first kappa shape index (κ1) is 13.3. The Kier molecular flexibility index (Phi) is 3.97. The van der Waals surface area contributed by atoms with Gasteiger partial charge >= 0.3 is 0 Å². The fourth-order valence-corrected chi connectivity index (χ4v) is 1.96. The van der Waals surface area contributed by atoms with E-state index in [-0.39, 0.29) is 12.4 Å². The molecule has 1 N–H and O–H groups in total. The molecule has 3 rings (SSSR count). The van der Waals surface area contributed by atoms with E-state index in [1.54, 1.807) is 12.7 Å². The molecule has 0 saturated carbocycles. The SMILES string of the molecule is CNc1ncn(Cc2ccccc2)c2ncnc1-2.Cl. The van der Waals surface area contributed by atoms with E-state index < -0.39 is 0 Å². The number of hydrogen-bond donors (Lipinski definition) is 1. The van der Waals surface area contributed by atoms with Crippen molar-refractivity contribution in [3.63, 3.8) is 0 Å². The average Bonchev–Trinajstić information content (AvgIpc) is 2.90. The van der Waals surface area contributed by atoms with Crippen LogP contribution in [-0.4, -0.2) is 26.6 Å². The molecule has 0 amide bonds. The summed E-state index contributed by atoms with van der Waals surface area (Å²) in [5, 5.41) is 3.02. The predicted octanol–water partition coefficient (Wildman–Crippen LogP) is 2.29. The molecule has 2 aliphatic heterocycles. The zero-order valence-corrected chi connectivity index (χ0v) is 11.3. The first-order valence-electron chi connectivity index (χ1n) is 5.76. The van der Waals surface area contributed by atoms with Crippen LogP contribution in [-0.2, 0) is 6.54 Å². The summed E-state index contributed by atoms with van der Waals surface area (Å²) in [7, 11) is 1.83. The molecule has 0 aliphatic carbocycles. The maximum atomic E-state index is 4.34. The van der Waals surface area contributed by atoms with Crippen molar-refractivity contribution in [3.05, 3.63) is 48.5 Å². The second-order valence-electron chi connectivity index (χ2n) is 4.00. The first-order chi connectivity index (χ1) is 8.88. The summed E-state index contributed by atoms with van der Waals surface area (Å²) < 4.78 is 2.00. The Morgan fingerprint density at radius 1 is 1.11 bits per heavy atom. The molecule has 0 bridgehead atoms. The van der Waals surface area contributed by atoms with E-state index in [2.05, 4.69) is 32.4 Å². The number of rotatable bonds is 3. The van der Waals surface area contributed by atoms with Gasteiger partial charge in [-0.1, -0.05) is 30.3 Å². The molecule has 98 valence electrons. The number of fused-ring (bicyclic) bond motifs is 1. The van der Waals surface area contributed by atoms with Gasteiger partial charge in [-0.2, -0.15) is 0 Å². The van der Waals surface area contributed by atoms with Crippen molar-refractivity contribution in [1.82, 2.24) is 19.5 Å². The number of hydrogen-bond acceptors (Lipinski definition) is 4. The molecular formula is C13H14ClN5. The maximum Gasteiger partial charge on any atom is 0.165 e. The van der Waals surface area contributed by atoms with Crippen LogP contribution in [0.2, 0.25) is 0 Å². The normalized spacial score (nSPS) is 10.2. The van der Waals surface area contributed by atoms with Gasteiger partial charge in [0.25, 0.3) is 0 Å². The Bertz CT molecular complexity index is 622. The van der Waals surface area contributed by atoms with E-state index in [1.165, 1.54) is 5.56 Å². The van der Waals surface area contributed by atoms with Crippen molar-refractivity contribution in [1.29, 1.82) is 0 Å². The van der Waals surface area contributed by atoms with Gasteiger partial charge in [0.15, 0.2) is 11.6 Å². The molecule has 1 aromatic rings. The van der Waals surface area contributed by atoms with Crippen LogP contribution in [0.25, 0.3) is 11.5 Å². The highest BCUT2D eigenvalue weighted by molar-refractivity contribution is 5.85. The van der Waals surface area contributed by atoms with E-state index >= 15 is 0 Å². The van der Waals surface area contributed by atoms with Crippen molar-refractivity contribution in [3.8, 4) is 11.5 Å². The quantitative estimate of drug-likeness (QED) is 0.797. The van der Waals surface area contributed by atoms with Crippen LogP contribution in [0, 0.1) is 0 Å². The third-order valence-corrected chi connectivity index (χ3v) is 2.83. The van der Waals surface area contributed by atoms with Crippen LogP contribution < -0.4 is 5.32 Å². The highest BCUT2D eigenvalue weighted by atomic mass is 35.5. The minimum atomic E-state index is 0. The van der Waals surface area contributed by atoms with Gasteiger partial charge in [-0.3, -0.25) is 0 Å². The second kappa shape index (κ2) is 5.67. The Hall–Kier alpha value is -2.14. The summed E-state index contributed by atoms with van der Waals surface area (Å²) in [6.07, 6.45) is 3.35. The summed E-state index contributed by atoms with van der Waals surface area (Å²) in [5.41, 5.74) is 2.02. The fraction of sp³-hybridized carbons (Fsp3) is 0.154. The summed E-state index contributed by atoms with van der Waals surface area (Å²) in [6, 6.07) is 10.2. The summed E-state index contributed by atoms with van der Waals surface area (Å²) >= 11 is 0. The van der Waals surface area contributed by atoms with E-state index in [0.717, 1.165) is 23.9 Å². The van der Waals surface area contributed by atoms with Crippen LogP contribution in [0.15, 0.2) is 43.0 Å². The number of anilines is 1. The zero-order valence-electron chi connectivity index (χ0n) is 10.4. The van der Waals surface area contributed by atoms with Gasteiger partial charge in [-0.15, -0.1) is 12.4 Å². The lowest BCUT2D eigenvalue weighted by molar-refractivity contribution is 0.762. The van der Waals surface area contributed by atoms with Gasteiger partial charge in [-0.05, 0) is 5.56 Å². The number of aromatic nitrogens is 4. The van der Waals surface area contributed by atoms with Gasteiger partial charge in [-0.25, -0.2) is 15.0 Å². The van der Waals surface area contributed by atoms with Crippen LogP contribution in [0.3, 0.4) is 0 Å². The largest absolute Gasteiger partial charge is 0.371 e. The molecule has 19 heavy (non-hydrogen) atoms. The molecule has 0 unspecified atom stereocenters. The highest BCUT2D eigenvalue weighted by Crippen LogP contribution is 2.23. The Balaban J connectivity index is 0.00000133. The van der Waals surface area contributed by atoms with Gasteiger partial charge < -0.3 is 9.88 Å². The van der Waals surface area contributed by atoms with Crippen molar-refractivity contribution < 1.29 is 0 Å². The van der Waals surface area contributed by atoms with Gasteiger partial charge in [0, 0.05) is 7.05 Å². The minimum Gasteiger partial charge on any atom is -0.371 e. The lowest BCUT2D eigenvalue weighted by Gasteiger charge is -2.12. The molecule has 2 aliphatic rings. The maximum absolute atomic E-state index is 4.34. The molecule has 2 heterocycles. The third kappa shape index (κ3) is 2.51. The lowest BCUT2D eigenvalue weighted by atomic mass is 10.2. The topological polar surface area (TPSA) is 55.6 Å². The van der Waals surface area contributed by atoms with Gasteiger partial charge in [0.2, 0.25) is 0 Å².